The molecule has 2 rings (SSSR count). The van der Waals surface area contributed by atoms with E-state index in [2.05, 4.69) is 12.2 Å². The van der Waals surface area contributed by atoms with Crippen molar-refractivity contribution in [1.29, 1.82) is 0 Å². The van der Waals surface area contributed by atoms with E-state index < -0.39 is 0 Å². The fraction of sp³-hybridized carbons (Fsp3) is 0.571. The summed E-state index contributed by atoms with van der Waals surface area (Å²) < 4.78 is 0. The fourth-order valence-electron chi connectivity index (χ4n) is 1.60. The summed E-state index contributed by atoms with van der Waals surface area (Å²) in [5.41, 5.74) is 0. The van der Waals surface area contributed by atoms with Crippen molar-refractivity contribution in [2.45, 2.75) is 6.42 Å². The third kappa shape index (κ3) is 0.347. The predicted octanol–water partition coefficient (Wildman–Crippen LogP) is 1.01. The standard InChI is InChI=1S/C7H8O/c8-4-7-5-2-1-3-6(5)7/h1-2,4-7H,3H2/t5-,6+,7-/m0/s1. The van der Waals surface area contributed by atoms with Gasteiger partial charge in [-0.2, -0.15) is 0 Å². The van der Waals surface area contributed by atoms with Gasteiger partial charge in [0.2, 0.25) is 0 Å². The van der Waals surface area contributed by atoms with Gasteiger partial charge in [-0.15, -0.1) is 0 Å². The van der Waals surface area contributed by atoms with Crippen LogP contribution in [0.2, 0.25) is 0 Å². The Labute approximate surface area is 48.4 Å². The van der Waals surface area contributed by atoms with E-state index in [1.807, 2.05) is 0 Å². The van der Waals surface area contributed by atoms with Crippen LogP contribution in [0.3, 0.4) is 0 Å². The van der Waals surface area contributed by atoms with Gasteiger partial charge < -0.3 is 4.79 Å². The topological polar surface area (TPSA) is 17.1 Å². The second kappa shape index (κ2) is 1.22. The smallest absolute Gasteiger partial charge is 0.123 e. The largest absolute Gasteiger partial charge is 0.303 e. The van der Waals surface area contributed by atoms with Crippen molar-refractivity contribution in [2.75, 3.05) is 0 Å². The number of rotatable bonds is 1. The lowest BCUT2D eigenvalue weighted by molar-refractivity contribution is -0.109. The number of hydrogen-bond donors (Lipinski definition) is 0. The van der Waals surface area contributed by atoms with Crippen molar-refractivity contribution >= 4 is 6.29 Å². The summed E-state index contributed by atoms with van der Waals surface area (Å²) in [6.07, 6.45) is 6.59. The molecular formula is C7H8O. The summed E-state index contributed by atoms with van der Waals surface area (Å²) >= 11 is 0. The molecule has 2 aliphatic rings. The van der Waals surface area contributed by atoms with Crippen LogP contribution < -0.4 is 0 Å². The summed E-state index contributed by atoms with van der Waals surface area (Å²) in [5, 5.41) is 0. The van der Waals surface area contributed by atoms with E-state index in [-0.39, 0.29) is 0 Å². The summed E-state index contributed by atoms with van der Waals surface area (Å²) in [6.45, 7) is 0. The Balaban J connectivity index is 2.12. The zero-order chi connectivity index (χ0) is 5.56. The SMILES string of the molecule is O=C[C@H]1[C@H]2C=CC[C@H]21. The third-order valence-corrected chi connectivity index (χ3v) is 2.22. The highest BCUT2D eigenvalue weighted by Gasteiger charge is 2.49. The lowest BCUT2D eigenvalue weighted by atomic mass is 10.2. The summed E-state index contributed by atoms with van der Waals surface area (Å²) in [4.78, 5) is 10.1. The molecule has 8 heavy (non-hydrogen) atoms. The molecule has 3 atom stereocenters. The van der Waals surface area contributed by atoms with Crippen molar-refractivity contribution < 1.29 is 4.79 Å². The summed E-state index contributed by atoms with van der Waals surface area (Å²) in [7, 11) is 0. The van der Waals surface area contributed by atoms with Crippen LogP contribution >= 0.6 is 0 Å². The highest BCUT2D eigenvalue weighted by molar-refractivity contribution is 5.61. The second-order valence-corrected chi connectivity index (χ2v) is 2.62. The monoisotopic (exact) mass is 108 g/mol. The average Bonchev–Trinajstić information content (AvgIpc) is 2.22. The average molecular weight is 108 g/mol. The molecule has 1 fully saturated rings. The molecule has 0 aromatic rings. The molecule has 0 spiro atoms. The van der Waals surface area contributed by atoms with Gasteiger partial charge in [0, 0.05) is 5.92 Å². The molecule has 0 bridgehead atoms. The maximum absolute atomic E-state index is 10.1. The minimum atomic E-state index is 0.403. The lowest BCUT2D eigenvalue weighted by Gasteiger charge is -1.81. The van der Waals surface area contributed by atoms with E-state index in [1.54, 1.807) is 0 Å². The number of carbonyl (C=O) groups is 1. The van der Waals surface area contributed by atoms with Gasteiger partial charge in [-0.05, 0) is 18.3 Å². The van der Waals surface area contributed by atoms with Gasteiger partial charge in [-0.1, -0.05) is 12.2 Å². The van der Waals surface area contributed by atoms with Gasteiger partial charge in [0.1, 0.15) is 6.29 Å². The maximum atomic E-state index is 10.1. The van der Waals surface area contributed by atoms with Crippen molar-refractivity contribution in [2.24, 2.45) is 17.8 Å². The first-order chi connectivity index (χ1) is 3.93. The van der Waals surface area contributed by atoms with Crippen molar-refractivity contribution in [1.82, 2.24) is 0 Å². The van der Waals surface area contributed by atoms with Gasteiger partial charge in [-0.3, -0.25) is 0 Å². The lowest BCUT2D eigenvalue weighted by Crippen LogP contribution is -1.82. The summed E-state index contributed by atoms with van der Waals surface area (Å²) in [6, 6.07) is 0. The van der Waals surface area contributed by atoms with Crippen molar-refractivity contribution in [3.05, 3.63) is 12.2 Å². The predicted molar refractivity (Wildman–Crippen MR) is 30.3 cm³/mol. The molecule has 1 saturated carbocycles. The van der Waals surface area contributed by atoms with E-state index >= 15 is 0 Å². The first kappa shape index (κ1) is 4.30. The van der Waals surface area contributed by atoms with Crippen LogP contribution in [0.4, 0.5) is 0 Å². The number of carbonyl (C=O) groups excluding carboxylic acids is 1. The Morgan fingerprint density at radius 2 is 2.50 bits per heavy atom. The van der Waals surface area contributed by atoms with E-state index in [0.29, 0.717) is 17.8 Å². The van der Waals surface area contributed by atoms with Gasteiger partial charge >= 0.3 is 0 Å². The quantitative estimate of drug-likeness (QED) is 0.362. The molecule has 0 aliphatic heterocycles. The number of aldehydes is 1. The van der Waals surface area contributed by atoms with E-state index in [0.717, 1.165) is 12.7 Å². The Bertz CT molecular complexity index is 144. The molecule has 42 valence electrons. The van der Waals surface area contributed by atoms with Gasteiger partial charge in [0.15, 0.2) is 0 Å². The molecule has 0 radical (unpaired) electrons. The number of allylic oxidation sites excluding steroid dienone is 2. The van der Waals surface area contributed by atoms with E-state index in [4.69, 9.17) is 0 Å². The summed E-state index contributed by atoms with van der Waals surface area (Å²) in [5.74, 6) is 1.76. The van der Waals surface area contributed by atoms with E-state index in [9.17, 15) is 4.79 Å². The molecular weight excluding hydrogens is 100 g/mol. The van der Waals surface area contributed by atoms with Gasteiger partial charge in [-0.25, -0.2) is 0 Å². The molecule has 0 unspecified atom stereocenters. The van der Waals surface area contributed by atoms with Crippen LogP contribution in [0.5, 0.6) is 0 Å². The highest BCUT2D eigenvalue weighted by Crippen LogP contribution is 2.52. The Morgan fingerprint density at radius 3 is 2.88 bits per heavy atom. The van der Waals surface area contributed by atoms with Crippen LogP contribution in [0, 0.1) is 17.8 Å². The Hall–Kier alpha value is -0.590. The highest BCUT2D eigenvalue weighted by atomic mass is 16.1. The van der Waals surface area contributed by atoms with Crippen LogP contribution in [0.25, 0.3) is 0 Å². The molecule has 1 nitrogen and oxygen atoms in total. The Morgan fingerprint density at radius 1 is 1.62 bits per heavy atom. The zero-order valence-corrected chi connectivity index (χ0v) is 4.58. The van der Waals surface area contributed by atoms with Crippen LogP contribution in [-0.2, 0) is 4.79 Å². The number of hydrogen-bond acceptors (Lipinski definition) is 1. The molecule has 0 aromatic heterocycles. The first-order valence-electron chi connectivity index (χ1n) is 3.05. The molecule has 0 saturated heterocycles. The fourth-order valence-corrected chi connectivity index (χ4v) is 1.60. The molecule has 0 amide bonds. The number of fused-ring (bicyclic) bond motifs is 1. The van der Waals surface area contributed by atoms with Gasteiger partial charge in [0.25, 0.3) is 0 Å². The normalized spacial score (nSPS) is 48.8. The first-order valence-corrected chi connectivity index (χ1v) is 3.05. The molecule has 0 aromatic carbocycles. The van der Waals surface area contributed by atoms with Crippen LogP contribution in [0.15, 0.2) is 12.2 Å². The third-order valence-electron chi connectivity index (χ3n) is 2.22. The van der Waals surface area contributed by atoms with Crippen LogP contribution in [-0.4, -0.2) is 6.29 Å². The second-order valence-electron chi connectivity index (χ2n) is 2.62. The van der Waals surface area contributed by atoms with Crippen LogP contribution in [0.1, 0.15) is 6.42 Å². The van der Waals surface area contributed by atoms with Gasteiger partial charge in [0.05, 0.1) is 0 Å². The van der Waals surface area contributed by atoms with Crippen molar-refractivity contribution in [3.8, 4) is 0 Å². The minimum absolute atomic E-state index is 0.403. The zero-order valence-electron chi connectivity index (χ0n) is 4.58. The molecule has 1 heteroatoms. The molecule has 0 N–H and O–H groups in total. The Kier molecular flexibility index (Phi) is 0.655. The molecule has 0 heterocycles. The minimum Gasteiger partial charge on any atom is -0.303 e. The van der Waals surface area contributed by atoms with Crippen molar-refractivity contribution in [3.63, 3.8) is 0 Å². The maximum Gasteiger partial charge on any atom is 0.123 e. The molecule has 2 aliphatic carbocycles. The van der Waals surface area contributed by atoms with E-state index in [1.165, 1.54) is 0 Å².